The van der Waals surface area contributed by atoms with Crippen molar-refractivity contribution in [1.82, 2.24) is 5.32 Å². The van der Waals surface area contributed by atoms with E-state index in [1.165, 1.54) is 0 Å². The Morgan fingerprint density at radius 1 is 1.62 bits per heavy atom. The minimum Gasteiger partial charge on any atom is -0.472 e. The molecule has 0 aromatic carbocycles. The fraction of sp³-hybridized carbons (Fsp3) is 0.444. The average molecular weight is 183 g/mol. The smallest absolute Gasteiger partial charge is 0.220 e. The second kappa shape index (κ2) is 5.37. The lowest BCUT2D eigenvalue weighted by Gasteiger charge is -2.01. The van der Waals surface area contributed by atoms with Crippen LogP contribution in [0.5, 0.6) is 0 Å². The highest BCUT2D eigenvalue weighted by Gasteiger charge is 2.00. The van der Waals surface area contributed by atoms with E-state index < -0.39 is 0 Å². The standard InChI is InChI=1S/C9H13NO3/c11-4-1-2-9(12)10-6-8-3-5-13-7-8/h3,5,7,11H,1-2,4,6H2,(H,10,12). The lowest BCUT2D eigenvalue weighted by Crippen LogP contribution is -2.22. The first kappa shape index (κ1) is 9.80. The molecule has 0 saturated carbocycles. The van der Waals surface area contributed by atoms with Crippen molar-refractivity contribution < 1.29 is 14.3 Å². The van der Waals surface area contributed by atoms with Crippen molar-refractivity contribution in [2.45, 2.75) is 19.4 Å². The Morgan fingerprint density at radius 3 is 3.08 bits per heavy atom. The average Bonchev–Trinajstić information content (AvgIpc) is 2.64. The SMILES string of the molecule is O=C(CCCO)NCc1ccoc1. The van der Waals surface area contributed by atoms with E-state index in [-0.39, 0.29) is 12.5 Å². The second-order valence-corrected chi connectivity index (χ2v) is 2.74. The summed E-state index contributed by atoms with van der Waals surface area (Å²) in [7, 11) is 0. The van der Waals surface area contributed by atoms with Gasteiger partial charge in [0.25, 0.3) is 0 Å². The van der Waals surface area contributed by atoms with Crippen molar-refractivity contribution >= 4 is 5.91 Å². The summed E-state index contributed by atoms with van der Waals surface area (Å²) in [5.41, 5.74) is 0.942. The van der Waals surface area contributed by atoms with Crippen LogP contribution in [-0.2, 0) is 11.3 Å². The molecule has 0 aliphatic carbocycles. The zero-order chi connectivity index (χ0) is 9.52. The molecule has 0 unspecified atom stereocenters. The quantitative estimate of drug-likeness (QED) is 0.705. The van der Waals surface area contributed by atoms with Crippen molar-refractivity contribution in [2.75, 3.05) is 6.61 Å². The van der Waals surface area contributed by atoms with Gasteiger partial charge in [-0.15, -0.1) is 0 Å². The van der Waals surface area contributed by atoms with E-state index in [2.05, 4.69) is 5.32 Å². The molecule has 1 heterocycles. The predicted molar refractivity (Wildman–Crippen MR) is 46.9 cm³/mol. The molecule has 4 heteroatoms. The number of hydrogen-bond donors (Lipinski definition) is 2. The van der Waals surface area contributed by atoms with Crippen molar-refractivity contribution in [3.05, 3.63) is 24.2 Å². The van der Waals surface area contributed by atoms with E-state index in [1.54, 1.807) is 18.6 Å². The summed E-state index contributed by atoms with van der Waals surface area (Å²) < 4.78 is 4.84. The number of carbonyl (C=O) groups excluding carboxylic acids is 1. The Kier molecular flexibility index (Phi) is 4.05. The normalized spacial score (nSPS) is 9.92. The van der Waals surface area contributed by atoms with Gasteiger partial charge in [0, 0.05) is 25.1 Å². The molecule has 72 valence electrons. The zero-order valence-corrected chi connectivity index (χ0v) is 7.32. The van der Waals surface area contributed by atoms with Crippen LogP contribution in [0.1, 0.15) is 18.4 Å². The summed E-state index contributed by atoms with van der Waals surface area (Å²) >= 11 is 0. The maximum atomic E-state index is 11.0. The Balaban J connectivity index is 2.15. The van der Waals surface area contributed by atoms with Crippen LogP contribution >= 0.6 is 0 Å². The molecule has 1 rings (SSSR count). The van der Waals surface area contributed by atoms with Crippen LogP contribution in [0.2, 0.25) is 0 Å². The number of aliphatic hydroxyl groups excluding tert-OH is 1. The lowest BCUT2D eigenvalue weighted by molar-refractivity contribution is -0.121. The molecule has 0 atom stereocenters. The van der Waals surface area contributed by atoms with E-state index in [9.17, 15) is 4.79 Å². The highest BCUT2D eigenvalue weighted by Crippen LogP contribution is 1.98. The van der Waals surface area contributed by atoms with Crippen LogP contribution in [0.4, 0.5) is 0 Å². The van der Waals surface area contributed by atoms with Crippen LogP contribution in [0, 0.1) is 0 Å². The second-order valence-electron chi connectivity index (χ2n) is 2.74. The number of carbonyl (C=O) groups is 1. The molecule has 0 spiro atoms. The number of aliphatic hydroxyl groups is 1. The minimum atomic E-state index is -0.0461. The molecule has 2 N–H and O–H groups in total. The molecule has 0 saturated heterocycles. The zero-order valence-electron chi connectivity index (χ0n) is 7.32. The third kappa shape index (κ3) is 3.75. The molecule has 0 fully saturated rings. The first-order valence-electron chi connectivity index (χ1n) is 4.21. The number of furan rings is 1. The Bertz CT molecular complexity index is 243. The van der Waals surface area contributed by atoms with Gasteiger partial charge in [-0.1, -0.05) is 0 Å². The van der Waals surface area contributed by atoms with E-state index in [4.69, 9.17) is 9.52 Å². The van der Waals surface area contributed by atoms with Gasteiger partial charge in [-0.3, -0.25) is 4.79 Å². The first-order chi connectivity index (χ1) is 6.33. The summed E-state index contributed by atoms with van der Waals surface area (Å²) in [4.78, 5) is 11.0. The largest absolute Gasteiger partial charge is 0.472 e. The molecule has 0 bridgehead atoms. The number of hydrogen-bond acceptors (Lipinski definition) is 3. The Morgan fingerprint density at radius 2 is 2.46 bits per heavy atom. The third-order valence-corrected chi connectivity index (χ3v) is 1.63. The topological polar surface area (TPSA) is 62.5 Å². The summed E-state index contributed by atoms with van der Waals surface area (Å²) in [5.74, 6) is -0.0461. The van der Waals surface area contributed by atoms with Gasteiger partial charge in [0.1, 0.15) is 0 Å². The van der Waals surface area contributed by atoms with E-state index in [0.29, 0.717) is 19.4 Å². The first-order valence-corrected chi connectivity index (χ1v) is 4.21. The Hall–Kier alpha value is -1.29. The summed E-state index contributed by atoms with van der Waals surface area (Å²) in [5, 5.41) is 11.2. The predicted octanol–water partition coefficient (Wildman–Crippen LogP) is 0.668. The molecule has 0 aliphatic heterocycles. The summed E-state index contributed by atoms with van der Waals surface area (Å²) in [6, 6.07) is 1.80. The summed E-state index contributed by atoms with van der Waals surface area (Å²) in [6.07, 6.45) is 4.03. The van der Waals surface area contributed by atoms with Gasteiger partial charge < -0.3 is 14.8 Å². The van der Waals surface area contributed by atoms with Gasteiger partial charge in [0.05, 0.1) is 12.5 Å². The molecular formula is C9H13NO3. The molecule has 0 radical (unpaired) electrons. The molecule has 13 heavy (non-hydrogen) atoms. The number of amides is 1. The lowest BCUT2D eigenvalue weighted by atomic mass is 10.3. The van der Waals surface area contributed by atoms with Gasteiger partial charge in [-0.25, -0.2) is 0 Å². The van der Waals surface area contributed by atoms with E-state index in [0.717, 1.165) is 5.56 Å². The maximum absolute atomic E-state index is 11.0. The van der Waals surface area contributed by atoms with Gasteiger partial charge >= 0.3 is 0 Å². The highest BCUT2D eigenvalue weighted by molar-refractivity contribution is 5.75. The number of nitrogens with one attached hydrogen (secondary N) is 1. The number of rotatable bonds is 5. The van der Waals surface area contributed by atoms with Crippen LogP contribution in [0.25, 0.3) is 0 Å². The van der Waals surface area contributed by atoms with Gasteiger partial charge in [-0.2, -0.15) is 0 Å². The highest BCUT2D eigenvalue weighted by atomic mass is 16.3. The summed E-state index contributed by atoms with van der Waals surface area (Å²) in [6.45, 7) is 0.542. The van der Waals surface area contributed by atoms with Crippen LogP contribution in [0.15, 0.2) is 23.0 Å². The fourth-order valence-electron chi connectivity index (χ4n) is 0.922. The van der Waals surface area contributed by atoms with Crippen LogP contribution < -0.4 is 5.32 Å². The van der Waals surface area contributed by atoms with Gasteiger partial charge in [0.2, 0.25) is 5.91 Å². The molecule has 0 aliphatic rings. The van der Waals surface area contributed by atoms with E-state index >= 15 is 0 Å². The monoisotopic (exact) mass is 183 g/mol. The van der Waals surface area contributed by atoms with Gasteiger partial charge in [0.15, 0.2) is 0 Å². The van der Waals surface area contributed by atoms with Crippen molar-refractivity contribution in [1.29, 1.82) is 0 Å². The van der Waals surface area contributed by atoms with Crippen molar-refractivity contribution in [2.24, 2.45) is 0 Å². The van der Waals surface area contributed by atoms with E-state index in [1.807, 2.05) is 0 Å². The van der Waals surface area contributed by atoms with Crippen LogP contribution in [-0.4, -0.2) is 17.6 Å². The molecule has 1 amide bonds. The minimum absolute atomic E-state index is 0.0461. The molecular weight excluding hydrogens is 170 g/mol. The third-order valence-electron chi connectivity index (χ3n) is 1.63. The molecule has 1 aromatic rings. The Labute approximate surface area is 76.6 Å². The van der Waals surface area contributed by atoms with Crippen molar-refractivity contribution in [3.8, 4) is 0 Å². The fourth-order valence-corrected chi connectivity index (χ4v) is 0.922. The van der Waals surface area contributed by atoms with Gasteiger partial charge in [-0.05, 0) is 12.5 Å². The van der Waals surface area contributed by atoms with Crippen LogP contribution in [0.3, 0.4) is 0 Å². The molecule has 1 aromatic heterocycles. The maximum Gasteiger partial charge on any atom is 0.220 e. The van der Waals surface area contributed by atoms with Crippen molar-refractivity contribution in [3.63, 3.8) is 0 Å². The molecule has 4 nitrogen and oxygen atoms in total.